The molecule has 104 valence electrons. The van der Waals surface area contributed by atoms with Gasteiger partial charge in [0.2, 0.25) is 5.91 Å². The number of sulfone groups is 1. The standard InChI is InChI=1S/C12H13F2NO3S/c13-10-2-1-9(6-11(10)14)15-12(16)5-8-3-4-19(17,18)7-8/h1-2,6,8H,3-5,7H2,(H,15,16)/t8-/m0/s1. The van der Waals surface area contributed by atoms with Crippen molar-refractivity contribution in [2.45, 2.75) is 12.8 Å². The van der Waals surface area contributed by atoms with E-state index < -0.39 is 27.4 Å². The number of carbonyl (C=O) groups excluding carboxylic acids is 1. The topological polar surface area (TPSA) is 63.2 Å². The van der Waals surface area contributed by atoms with E-state index in [0.29, 0.717) is 6.42 Å². The van der Waals surface area contributed by atoms with Crippen LogP contribution < -0.4 is 5.32 Å². The second kappa shape index (κ2) is 5.24. The van der Waals surface area contributed by atoms with Crippen LogP contribution in [0.25, 0.3) is 0 Å². The van der Waals surface area contributed by atoms with Crippen LogP contribution in [0, 0.1) is 17.6 Å². The Labute approximate surface area is 109 Å². The van der Waals surface area contributed by atoms with Gasteiger partial charge in [0.25, 0.3) is 0 Å². The molecule has 1 N–H and O–H groups in total. The highest BCUT2D eigenvalue weighted by Crippen LogP contribution is 2.22. The molecule has 7 heteroatoms. The van der Waals surface area contributed by atoms with Crippen LogP contribution in [0.1, 0.15) is 12.8 Å². The smallest absolute Gasteiger partial charge is 0.224 e. The Kier molecular flexibility index (Phi) is 3.84. The van der Waals surface area contributed by atoms with E-state index in [1.54, 1.807) is 0 Å². The molecule has 19 heavy (non-hydrogen) atoms. The van der Waals surface area contributed by atoms with Crippen molar-refractivity contribution < 1.29 is 22.0 Å². The SMILES string of the molecule is O=C(C[C@@H]1CCS(=O)(=O)C1)Nc1ccc(F)c(F)c1. The zero-order valence-electron chi connectivity index (χ0n) is 10.0. The monoisotopic (exact) mass is 289 g/mol. The van der Waals surface area contributed by atoms with Crippen LogP contribution in [-0.2, 0) is 14.6 Å². The highest BCUT2D eigenvalue weighted by atomic mass is 32.2. The number of hydrogen-bond donors (Lipinski definition) is 1. The van der Waals surface area contributed by atoms with E-state index in [9.17, 15) is 22.0 Å². The summed E-state index contributed by atoms with van der Waals surface area (Å²) in [6, 6.07) is 3.06. The van der Waals surface area contributed by atoms with Crippen molar-refractivity contribution >= 4 is 21.4 Å². The zero-order chi connectivity index (χ0) is 14.0. The average molecular weight is 289 g/mol. The van der Waals surface area contributed by atoms with Crippen molar-refractivity contribution in [3.05, 3.63) is 29.8 Å². The second-order valence-corrected chi connectivity index (χ2v) is 6.88. The van der Waals surface area contributed by atoms with Crippen LogP contribution in [0.5, 0.6) is 0 Å². The van der Waals surface area contributed by atoms with Crippen LogP contribution in [0.15, 0.2) is 18.2 Å². The third-order valence-electron chi connectivity index (χ3n) is 3.00. The number of amides is 1. The highest BCUT2D eigenvalue weighted by Gasteiger charge is 2.29. The van der Waals surface area contributed by atoms with Crippen LogP contribution in [0.4, 0.5) is 14.5 Å². The number of hydrogen-bond acceptors (Lipinski definition) is 3. The van der Waals surface area contributed by atoms with Crippen molar-refractivity contribution in [2.75, 3.05) is 16.8 Å². The molecule has 1 amide bonds. The lowest BCUT2D eigenvalue weighted by atomic mass is 10.1. The lowest BCUT2D eigenvalue weighted by molar-refractivity contribution is -0.116. The molecule has 1 aliphatic rings. The summed E-state index contributed by atoms with van der Waals surface area (Å²) in [4.78, 5) is 11.7. The van der Waals surface area contributed by atoms with Gasteiger partial charge in [-0.2, -0.15) is 0 Å². The van der Waals surface area contributed by atoms with Crippen LogP contribution in [0.2, 0.25) is 0 Å². The minimum absolute atomic E-state index is 0.0121. The molecule has 1 fully saturated rings. The Bertz CT molecular complexity index is 601. The normalized spacial score (nSPS) is 21.3. The lowest BCUT2D eigenvalue weighted by Gasteiger charge is -2.08. The van der Waals surface area contributed by atoms with E-state index in [4.69, 9.17) is 0 Å². The molecule has 1 aliphatic heterocycles. The quantitative estimate of drug-likeness (QED) is 0.921. The van der Waals surface area contributed by atoms with Gasteiger partial charge in [0, 0.05) is 18.2 Å². The summed E-state index contributed by atoms with van der Waals surface area (Å²) in [6.45, 7) is 0. The van der Waals surface area contributed by atoms with Gasteiger partial charge in [0.05, 0.1) is 11.5 Å². The molecule has 1 heterocycles. The largest absolute Gasteiger partial charge is 0.326 e. The number of benzene rings is 1. The molecule has 1 saturated heterocycles. The third-order valence-corrected chi connectivity index (χ3v) is 4.84. The van der Waals surface area contributed by atoms with Crippen molar-refractivity contribution in [3.8, 4) is 0 Å². The molecule has 0 spiro atoms. The summed E-state index contributed by atoms with van der Waals surface area (Å²) in [5.74, 6) is -2.50. The molecule has 0 radical (unpaired) electrons. The summed E-state index contributed by atoms with van der Waals surface area (Å²) in [5.41, 5.74) is 0.157. The molecule has 2 rings (SSSR count). The molecular weight excluding hydrogens is 276 g/mol. The molecule has 1 aromatic rings. The molecule has 0 aromatic heterocycles. The van der Waals surface area contributed by atoms with Gasteiger partial charge in [-0.05, 0) is 24.5 Å². The van der Waals surface area contributed by atoms with Gasteiger partial charge in [-0.15, -0.1) is 0 Å². The maximum Gasteiger partial charge on any atom is 0.224 e. The average Bonchev–Trinajstić information content (AvgIpc) is 2.63. The number of halogens is 2. The Morgan fingerprint density at radius 2 is 2.05 bits per heavy atom. The summed E-state index contributed by atoms with van der Waals surface area (Å²) >= 11 is 0. The van der Waals surface area contributed by atoms with Crippen molar-refractivity contribution in [2.24, 2.45) is 5.92 Å². The van der Waals surface area contributed by atoms with Crippen molar-refractivity contribution in [3.63, 3.8) is 0 Å². The summed E-state index contributed by atoms with van der Waals surface area (Å²) in [6.07, 6.45) is 0.533. The minimum atomic E-state index is -3.02. The number of rotatable bonds is 3. The number of anilines is 1. The Morgan fingerprint density at radius 1 is 1.32 bits per heavy atom. The first-order valence-electron chi connectivity index (χ1n) is 5.81. The maximum absolute atomic E-state index is 12.9. The minimum Gasteiger partial charge on any atom is -0.326 e. The third kappa shape index (κ3) is 3.73. The molecule has 4 nitrogen and oxygen atoms in total. The molecule has 0 unspecified atom stereocenters. The van der Waals surface area contributed by atoms with Gasteiger partial charge in [-0.25, -0.2) is 17.2 Å². The van der Waals surface area contributed by atoms with E-state index in [1.807, 2.05) is 0 Å². The van der Waals surface area contributed by atoms with Crippen LogP contribution in [-0.4, -0.2) is 25.8 Å². The van der Waals surface area contributed by atoms with E-state index in [0.717, 1.165) is 12.1 Å². The van der Waals surface area contributed by atoms with Gasteiger partial charge < -0.3 is 5.32 Å². The van der Waals surface area contributed by atoms with Gasteiger partial charge in [0.1, 0.15) is 0 Å². The first-order valence-corrected chi connectivity index (χ1v) is 7.63. The zero-order valence-corrected chi connectivity index (χ0v) is 10.8. The summed E-state index contributed by atoms with van der Waals surface area (Å²) in [7, 11) is -3.02. The molecule has 0 saturated carbocycles. The van der Waals surface area contributed by atoms with Gasteiger partial charge in [0.15, 0.2) is 21.5 Å². The predicted molar refractivity (Wildman–Crippen MR) is 66.4 cm³/mol. The Hall–Kier alpha value is -1.50. The van der Waals surface area contributed by atoms with Crippen LogP contribution >= 0.6 is 0 Å². The fraction of sp³-hybridized carbons (Fsp3) is 0.417. The second-order valence-electron chi connectivity index (χ2n) is 4.65. The highest BCUT2D eigenvalue weighted by molar-refractivity contribution is 7.91. The fourth-order valence-electron chi connectivity index (χ4n) is 2.08. The molecule has 1 aromatic carbocycles. The maximum atomic E-state index is 12.9. The van der Waals surface area contributed by atoms with E-state index >= 15 is 0 Å². The van der Waals surface area contributed by atoms with Gasteiger partial charge in [-0.3, -0.25) is 4.79 Å². The number of nitrogens with one attached hydrogen (secondary N) is 1. The molecule has 0 aliphatic carbocycles. The van der Waals surface area contributed by atoms with Crippen molar-refractivity contribution in [1.82, 2.24) is 0 Å². The summed E-state index contributed by atoms with van der Waals surface area (Å²) < 4.78 is 48.1. The van der Waals surface area contributed by atoms with E-state index in [-0.39, 0.29) is 29.5 Å². The van der Waals surface area contributed by atoms with Gasteiger partial charge >= 0.3 is 0 Å². The number of carbonyl (C=O) groups is 1. The van der Waals surface area contributed by atoms with Crippen LogP contribution in [0.3, 0.4) is 0 Å². The van der Waals surface area contributed by atoms with Crippen molar-refractivity contribution in [1.29, 1.82) is 0 Å². The van der Waals surface area contributed by atoms with E-state index in [2.05, 4.69) is 5.32 Å². The Morgan fingerprint density at radius 3 is 2.63 bits per heavy atom. The predicted octanol–water partition coefficient (Wildman–Crippen LogP) is 1.73. The molecule has 0 bridgehead atoms. The first-order chi connectivity index (χ1) is 8.85. The molecule has 1 atom stereocenters. The van der Waals surface area contributed by atoms with E-state index in [1.165, 1.54) is 6.07 Å². The van der Waals surface area contributed by atoms with Gasteiger partial charge in [-0.1, -0.05) is 0 Å². The molecular formula is C12H13F2NO3S. The lowest BCUT2D eigenvalue weighted by Crippen LogP contribution is -2.17. The summed E-state index contributed by atoms with van der Waals surface area (Å²) in [5, 5.41) is 2.42. The fourth-order valence-corrected chi connectivity index (χ4v) is 3.94. The first kappa shape index (κ1) is 13.9. The Balaban J connectivity index is 1.93.